The van der Waals surface area contributed by atoms with Crippen LogP contribution >= 0.6 is 27.3 Å². The van der Waals surface area contributed by atoms with E-state index in [0.29, 0.717) is 0 Å². The van der Waals surface area contributed by atoms with Crippen LogP contribution in [0.15, 0.2) is 34.1 Å². The number of benzene rings is 1. The molecule has 0 spiro atoms. The third-order valence-electron chi connectivity index (χ3n) is 1.76. The Morgan fingerprint density at radius 1 is 1.23 bits per heavy atom. The molecule has 66 valence electrons. The van der Waals surface area contributed by atoms with Crippen molar-refractivity contribution in [2.45, 2.75) is 6.92 Å². The molecule has 0 N–H and O–H groups in total. The summed E-state index contributed by atoms with van der Waals surface area (Å²) < 4.78 is 1.12. The van der Waals surface area contributed by atoms with Gasteiger partial charge in [0, 0.05) is 5.56 Å². The molecular weight excluding hydrogens is 246 g/mol. The summed E-state index contributed by atoms with van der Waals surface area (Å²) in [4.78, 5) is 4.45. The molecule has 3 heteroatoms. The Hall–Kier alpha value is -0.670. The normalized spacial score (nSPS) is 10.3. The zero-order chi connectivity index (χ0) is 9.26. The van der Waals surface area contributed by atoms with Crippen molar-refractivity contribution in [1.29, 1.82) is 0 Å². The summed E-state index contributed by atoms with van der Waals surface area (Å²) in [6.07, 6.45) is 0. The van der Waals surface area contributed by atoms with Gasteiger partial charge in [0.05, 0.1) is 9.48 Å². The Labute approximate surface area is 89.6 Å². The van der Waals surface area contributed by atoms with E-state index in [-0.39, 0.29) is 0 Å². The van der Waals surface area contributed by atoms with E-state index in [4.69, 9.17) is 0 Å². The molecule has 1 aromatic heterocycles. The Bertz CT molecular complexity index is 389. The van der Waals surface area contributed by atoms with Crippen molar-refractivity contribution in [1.82, 2.24) is 4.98 Å². The highest BCUT2D eigenvalue weighted by molar-refractivity contribution is 9.11. The fourth-order valence-corrected chi connectivity index (χ4v) is 2.43. The first-order valence-corrected chi connectivity index (χ1v) is 5.56. The van der Waals surface area contributed by atoms with Gasteiger partial charge in [-0.05, 0) is 22.9 Å². The maximum absolute atomic E-state index is 4.45. The Morgan fingerprint density at radius 2 is 1.92 bits per heavy atom. The van der Waals surface area contributed by atoms with E-state index in [1.54, 1.807) is 11.3 Å². The molecule has 0 aliphatic heterocycles. The van der Waals surface area contributed by atoms with Gasteiger partial charge in [-0.25, -0.2) is 4.98 Å². The van der Waals surface area contributed by atoms with Gasteiger partial charge in [0.1, 0.15) is 5.01 Å². The number of hydrogen-bond acceptors (Lipinski definition) is 2. The number of hydrogen-bond donors (Lipinski definition) is 0. The van der Waals surface area contributed by atoms with Crippen LogP contribution in [0.25, 0.3) is 10.6 Å². The lowest BCUT2D eigenvalue weighted by Crippen LogP contribution is -1.75. The van der Waals surface area contributed by atoms with Gasteiger partial charge in [-0.1, -0.05) is 30.3 Å². The molecule has 0 bridgehead atoms. The molecule has 0 amide bonds. The maximum Gasteiger partial charge on any atom is 0.124 e. The molecule has 0 atom stereocenters. The second-order valence-corrected chi connectivity index (χ2v) is 5.06. The Balaban J connectivity index is 2.48. The first-order chi connectivity index (χ1) is 6.27. The van der Waals surface area contributed by atoms with E-state index in [9.17, 15) is 0 Å². The van der Waals surface area contributed by atoms with Crippen molar-refractivity contribution >= 4 is 27.3 Å². The average Bonchev–Trinajstić information content (AvgIpc) is 2.49. The van der Waals surface area contributed by atoms with Crippen molar-refractivity contribution < 1.29 is 0 Å². The number of halogens is 1. The van der Waals surface area contributed by atoms with E-state index < -0.39 is 0 Å². The third kappa shape index (κ3) is 1.81. The summed E-state index contributed by atoms with van der Waals surface area (Å²) >= 11 is 5.14. The molecule has 0 saturated carbocycles. The van der Waals surface area contributed by atoms with Gasteiger partial charge in [0.25, 0.3) is 0 Å². The third-order valence-corrected chi connectivity index (χ3v) is 3.82. The first kappa shape index (κ1) is 8.91. The molecule has 13 heavy (non-hydrogen) atoms. The lowest BCUT2D eigenvalue weighted by Gasteiger charge is -1.92. The molecule has 0 aliphatic rings. The summed E-state index contributed by atoms with van der Waals surface area (Å²) in [6.45, 7) is 2.01. The van der Waals surface area contributed by atoms with Crippen LogP contribution in [-0.4, -0.2) is 4.98 Å². The quantitative estimate of drug-likeness (QED) is 0.752. The molecule has 1 nitrogen and oxygen atoms in total. The van der Waals surface area contributed by atoms with Gasteiger partial charge in [0.15, 0.2) is 0 Å². The van der Waals surface area contributed by atoms with E-state index in [0.717, 1.165) is 14.5 Å². The van der Waals surface area contributed by atoms with Gasteiger partial charge in [-0.15, -0.1) is 11.3 Å². The highest BCUT2D eigenvalue weighted by Crippen LogP contribution is 2.31. The molecule has 0 saturated heterocycles. The topological polar surface area (TPSA) is 12.9 Å². The van der Waals surface area contributed by atoms with Crippen molar-refractivity contribution in [2.75, 3.05) is 0 Å². The second-order valence-electron chi connectivity index (χ2n) is 2.74. The minimum absolute atomic E-state index is 1.06. The van der Waals surface area contributed by atoms with Gasteiger partial charge >= 0.3 is 0 Å². The predicted molar refractivity (Wildman–Crippen MR) is 60.0 cm³/mol. The molecular formula is C10H8BrNS. The molecule has 1 aromatic carbocycles. The van der Waals surface area contributed by atoms with Crippen LogP contribution in [-0.2, 0) is 0 Å². The predicted octanol–water partition coefficient (Wildman–Crippen LogP) is 3.88. The lowest BCUT2D eigenvalue weighted by atomic mass is 10.2. The fraction of sp³-hybridized carbons (Fsp3) is 0.100. The van der Waals surface area contributed by atoms with Gasteiger partial charge < -0.3 is 0 Å². The smallest absolute Gasteiger partial charge is 0.124 e. The first-order valence-electron chi connectivity index (χ1n) is 3.96. The van der Waals surface area contributed by atoms with Crippen LogP contribution in [0.5, 0.6) is 0 Å². The van der Waals surface area contributed by atoms with Crippen molar-refractivity contribution in [2.24, 2.45) is 0 Å². The zero-order valence-electron chi connectivity index (χ0n) is 7.12. The van der Waals surface area contributed by atoms with Crippen LogP contribution in [0.1, 0.15) is 5.69 Å². The van der Waals surface area contributed by atoms with Gasteiger partial charge in [-0.2, -0.15) is 0 Å². The molecule has 2 rings (SSSR count). The number of nitrogens with zero attached hydrogens (tertiary/aromatic N) is 1. The monoisotopic (exact) mass is 253 g/mol. The van der Waals surface area contributed by atoms with E-state index in [1.165, 1.54) is 5.56 Å². The number of aromatic nitrogens is 1. The molecule has 0 aliphatic carbocycles. The van der Waals surface area contributed by atoms with Crippen LogP contribution in [0.3, 0.4) is 0 Å². The van der Waals surface area contributed by atoms with Crippen LogP contribution in [0.2, 0.25) is 0 Å². The maximum atomic E-state index is 4.45. The molecule has 0 unspecified atom stereocenters. The van der Waals surface area contributed by atoms with Crippen molar-refractivity contribution in [3.05, 3.63) is 39.8 Å². The molecule has 2 aromatic rings. The minimum atomic E-state index is 1.06. The molecule has 0 radical (unpaired) electrons. The van der Waals surface area contributed by atoms with Crippen molar-refractivity contribution in [3.63, 3.8) is 0 Å². The van der Waals surface area contributed by atoms with Crippen LogP contribution < -0.4 is 0 Å². The van der Waals surface area contributed by atoms with Gasteiger partial charge in [-0.3, -0.25) is 0 Å². The summed E-state index contributed by atoms with van der Waals surface area (Å²) in [5.74, 6) is 0. The standard InChI is InChI=1S/C10H8BrNS/c1-7-9(11)13-10(12-7)8-5-3-2-4-6-8/h2-6H,1H3. The number of rotatable bonds is 1. The SMILES string of the molecule is Cc1nc(-c2ccccc2)sc1Br. The zero-order valence-corrected chi connectivity index (χ0v) is 9.52. The second kappa shape index (κ2) is 3.60. The summed E-state index contributed by atoms with van der Waals surface area (Å²) in [5.41, 5.74) is 2.24. The number of thiazole rings is 1. The van der Waals surface area contributed by atoms with E-state index >= 15 is 0 Å². The van der Waals surface area contributed by atoms with E-state index in [1.807, 2.05) is 25.1 Å². The summed E-state index contributed by atoms with van der Waals surface area (Å²) in [5, 5.41) is 1.07. The van der Waals surface area contributed by atoms with Gasteiger partial charge in [0.2, 0.25) is 0 Å². The Morgan fingerprint density at radius 3 is 2.46 bits per heavy atom. The van der Waals surface area contributed by atoms with Crippen LogP contribution in [0.4, 0.5) is 0 Å². The highest BCUT2D eigenvalue weighted by atomic mass is 79.9. The largest absolute Gasteiger partial charge is 0.240 e. The summed E-state index contributed by atoms with van der Waals surface area (Å²) in [6, 6.07) is 10.2. The Kier molecular flexibility index (Phi) is 2.47. The molecule has 1 heterocycles. The van der Waals surface area contributed by atoms with E-state index in [2.05, 4.69) is 33.0 Å². The minimum Gasteiger partial charge on any atom is -0.240 e. The summed E-state index contributed by atoms with van der Waals surface area (Å²) in [7, 11) is 0. The highest BCUT2D eigenvalue weighted by Gasteiger charge is 2.05. The van der Waals surface area contributed by atoms with Crippen LogP contribution in [0, 0.1) is 6.92 Å². The van der Waals surface area contributed by atoms with Crippen molar-refractivity contribution in [3.8, 4) is 10.6 Å². The number of aryl methyl sites for hydroxylation is 1. The fourth-order valence-electron chi connectivity index (χ4n) is 1.08. The lowest BCUT2D eigenvalue weighted by molar-refractivity contribution is 1.26. The molecule has 0 fully saturated rings. The average molecular weight is 254 g/mol.